The maximum Gasteiger partial charge on any atom is 0.199 e. The van der Waals surface area contributed by atoms with E-state index in [1.165, 1.54) is 6.66 Å². The highest BCUT2D eigenvalue weighted by molar-refractivity contribution is 7.57. The van der Waals surface area contributed by atoms with Crippen LogP contribution in [-0.4, -0.2) is 38.7 Å². The molecule has 0 aromatic rings. The lowest BCUT2D eigenvalue weighted by molar-refractivity contribution is 0.194. The zero-order valence-electron chi connectivity index (χ0n) is 5.41. The van der Waals surface area contributed by atoms with E-state index in [0.717, 1.165) is 0 Å². The Balaban J connectivity index is 3.18. The van der Waals surface area contributed by atoms with Crippen molar-refractivity contribution < 1.29 is 14.2 Å². The van der Waals surface area contributed by atoms with E-state index in [1.54, 1.807) is 0 Å². The molecule has 3 nitrogen and oxygen atoms in total. The van der Waals surface area contributed by atoms with Crippen molar-refractivity contribution in [1.82, 2.24) is 0 Å². The fraction of sp³-hybridized carbons (Fsp3) is 1.00. The molecule has 0 aliphatic carbocycles. The van der Waals surface area contributed by atoms with Gasteiger partial charge in [-0.1, -0.05) is 0 Å². The van der Waals surface area contributed by atoms with E-state index in [2.05, 4.69) is 4.74 Å². The quantitative estimate of drug-likeness (QED) is 0.347. The number of rotatable bonds is 4. The van der Waals surface area contributed by atoms with Crippen LogP contribution in [0, 0.1) is 0 Å². The lowest BCUT2D eigenvalue weighted by Gasteiger charge is -2.03. The molecule has 1 N–H and O–H groups in total. The van der Waals surface area contributed by atoms with Crippen LogP contribution in [-0.2, 0) is 9.30 Å². The summed E-state index contributed by atoms with van der Waals surface area (Å²) in [6.45, 7) is 1.67. The van der Waals surface area contributed by atoms with Gasteiger partial charge in [-0.2, -0.15) is 0 Å². The maximum absolute atomic E-state index is 10.5. The molecule has 0 saturated carbocycles. The molecule has 1 atom stereocenters. The molecule has 2 radical (unpaired) electrons. The Hall–Kier alpha value is 0.215. The molecule has 52 valence electrons. The van der Waals surface area contributed by atoms with E-state index in [-0.39, 0.29) is 19.3 Å². The van der Waals surface area contributed by atoms with Crippen molar-refractivity contribution in [1.29, 1.82) is 0 Å². The Morgan fingerprint density at radius 3 is 2.67 bits per heavy atom. The molecule has 0 fully saturated rings. The summed E-state index contributed by atoms with van der Waals surface area (Å²) in [5.41, 5.74) is 0. The summed E-state index contributed by atoms with van der Waals surface area (Å²) < 4.78 is 15.2. The predicted octanol–water partition coefficient (Wildman–Crippen LogP) is 0.0292. The van der Waals surface area contributed by atoms with Crippen LogP contribution in [0.5, 0.6) is 0 Å². The van der Waals surface area contributed by atoms with Crippen LogP contribution < -0.4 is 0 Å². The molecule has 0 amide bonds. The molecule has 0 spiro atoms. The predicted molar refractivity (Wildman–Crippen MR) is 37.2 cm³/mol. The van der Waals surface area contributed by atoms with E-state index in [9.17, 15) is 4.57 Å². The molecular weight excluding hydrogens is 138 g/mol. The number of hydrogen-bond donors (Lipinski definition) is 1. The topological polar surface area (TPSA) is 46.5 Å². The van der Waals surface area contributed by atoms with Gasteiger partial charge in [0.2, 0.25) is 0 Å². The van der Waals surface area contributed by atoms with Crippen LogP contribution >= 0.6 is 7.37 Å². The van der Waals surface area contributed by atoms with Gasteiger partial charge in [0.05, 0.1) is 6.61 Å². The zero-order valence-corrected chi connectivity index (χ0v) is 6.30. The molecule has 0 aromatic carbocycles. The van der Waals surface area contributed by atoms with Gasteiger partial charge in [-0.05, 0) is 0 Å². The molecule has 0 aliphatic heterocycles. The second kappa shape index (κ2) is 4.10. The third-order valence-electron chi connectivity index (χ3n) is 0.768. The van der Waals surface area contributed by atoms with Gasteiger partial charge in [0, 0.05) is 19.3 Å². The van der Waals surface area contributed by atoms with Gasteiger partial charge in [0.1, 0.15) is 7.85 Å². The number of ether oxygens (including phenoxy) is 1. The Morgan fingerprint density at radius 1 is 1.78 bits per heavy atom. The minimum Gasteiger partial charge on any atom is -0.391 e. The van der Waals surface area contributed by atoms with Gasteiger partial charge >= 0.3 is 0 Å². The van der Waals surface area contributed by atoms with Crippen molar-refractivity contribution in [3.63, 3.8) is 0 Å². The summed E-state index contributed by atoms with van der Waals surface area (Å²) in [4.78, 5) is 8.68. The van der Waals surface area contributed by atoms with E-state index >= 15 is 0 Å². The summed E-state index contributed by atoms with van der Waals surface area (Å²) in [6.07, 6.45) is 0.185. The molecule has 0 heterocycles. The summed E-state index contributed by atoms with van der Waals surface area (Å²) in [5, 5.41) is 0. The van der Waals surface area contributed by atoms with Crippen LogP contribution in [0.3, 0.4) is 0 Å². The molecule has 0 bridgehead atoms. The molecular formula is C4H10BO3P. The molecule has 0 aromatic heterocycles. The first-order valence-corrected chi connectivity index (χ1v) is 4.92. The Morgan fingerprint density at radius 2 is 2.33 bits per heavy atom. The summed E-state index contributed by atoms with van der Waals surface area (Å²) >= 11 is 0. The molecule has 5 heteroatoms. The Kier molecular flexibility index (Phi) is 4.20. The SMILES string of the molecule is [B]COCCP(C)(=O)O. The van der Waals surface area contributed by atoms with Crippen molar-refractivity contribution in [3.8, 4) is 0 Å². The zero-order chi connectivity index (χ0) is 7.33. The first-order chi connectivity index (χ1) is 4.06. The van der Waals surface area contributed by atoms with E-state index < -0.39 is 7.37 Å². The highest BCUT2D eigenvalue weighted by Crippen LogP contribution is 2.33. The monoisotopic (exact) mass is 148 g/mol. The van der Waals surface area contributed by atoms with Crippen molar-refractivity contribution in [2.24, 2.45) is 0 Å². The van der Waals surface area contributed by atoms with Crippen LogP contribution in [0.1, 0.15) is 0 Å². The van der Waals surface area contributed by atoms with Crippen LogP contribution in [0.15, 0.2) is 0 Å². The summed E-state index contributed by atoms with van der Waals surface area (Å²) in [6, 6.07) is 0. The van der Waals surface area contributed by atoms with Crippen LogP contribution in [0.25, 0.3) is 0 Å². The smallest absolute Gasteiger partial charge is 0.199 e. The number of hydrogen-bond acceptors (Lipinski definition) is 2. The third kappa shape index (κ3) is 8.21. The Labute approximate surface area is 56.3 Å². The van der Waals surface area contributed by atoms with Gasteiger partial charge < -0.3 is 9.63 Å². The van der Waals surface area contributed by atoms with E-state index in [4.69, 9.17) is 12.7 Å². The lowest BCUT2D eigenvalue weighted by atomic mass is 10.2. The van der Waals surface area contributed by atoms with E-state index in [1.807, 2.05) is 0 Å². The van der Waals surface area contributed by atoms with Crippen LogP contribution in [0.4, 0.5) is 0 Å². The fourth-order valence-corrected chi connectivity index (χ4v) is 0.785. The molecule has 0 rings (SSSR count). The first kappa shape index (κ1) is 9.21. The van der Waals surface area contributed by atoms with Gasteiger partial charge in [0.15, 0.2) is 7.37 Å². The van der Waals surface area contributed by atoms with Gasteiger partial charge in [-0.15, -0.1) is 0 Å². The molecule has 0 saturated heterocycles. The lowest BCUT2D eigenvalue weighted by Crippen LogP contribution is -2.01. The largest absolute Gasteiger partial charge is 0.391 e. The minimum absolute atomic E-state index is 0.111. The van der Waals surface area contributed by atoms with E-state index in [0.29, 0.717) is 0 Å². The van der Waals surface area contributed by atoms with Gasteiger partial charge in [0.25, 0.3) is 0 Å². The molecule has 0 aliphatic rings. The average Bonchev–Trinajstić information content (AvgIpc) is 1.63. The second-order valence-corrected chi connectivity index (χ2v) is 4.40. The Bertz CT molecular complexity index is 110. The van der Waals surface area contributed by atoms with Crippen molar-refractivity contribution in [2.45, 2.75) is 0 Å². The highest BCUT2D eigenvalue weighted by Gasteiger charge is 2.07. The average molecular weight is 148 g/mol. The summed E-state index contributed by atoms with van der Waals surface area (Å²) in [5.74, 6) is 0. The normalized spacial score (nSPS) is 17.1. The van der Waals surface area contributed by atoms with Crippen molar-refractivity contribution in [2.75, 3.05) is 25.9 Å². The van der Waals surface area contributed by atoms with Gasteiger partial charge in [-0.3, -0.25) is 4.57 Å². The van der Waals surface area contributed by atoms with Gasteiger partial charge in [-0.25, -0.2) is 0 Å². The highest BCUT2D eigenvalue weighted by atomic mass is 31.2. The minimum atomic E-state index is -2.88. The standard InChI is InChI=1S/C4H10BO3P/c1-9(6,7)3-2-8-4-5/h2-4H2,1H3,(H,6,7). The second-order valence-electron chi connectivity index (χ2n) is 1.85. The van der Waals surface area contributed by atoms with Crippen molar-refractivity contribution >= 4 is 15.2 Å². The first-order valence-electron chi connectivity index (χ1n) is 2.63. The summed E-state index contributed by atoms with van der Waals surface area (Å²) in [7, 11) is 2.09. The van der Waals surface area contributed by atoms with Crippen LogP contribution in [0.2, 0.25) is 0 Å². The maximum atomic E-state index is 10.5. The molecule has 1 unspecified atom stereocenters. The molecule has 9 heavy (non-hydrogen) atoms. The third-order valence-corrected chi connectivity index (χ3v) is 1.78. The fourth-order valence-electron chi connectivity index (χ4n) is 0.317. The van der Waals surface area contributed by atoms with Crippen molar-refractivity contribution in [3.05, 3.63) is 0 Å².